The Kier molecular flexibility index (Phi) is 4.21. The molecule has 0 amide bonds. The van der Waals surface area contributed by atoms with Gasteiger partial charge in [-0.3, -0.25) is 0 Å². The second-order valence-corrected chi connectivity index (χ2v) is 4.12. The summed E-state index contributed by atoms with van der Waals surface area (Å²) in [5, 5.41) is 0. The summed E-state index contributed by atoms with van der Waals surface area (Å²) in [5.74, 6) is 0.853. The number of likely N-dealkylation sites (tertiary alicyclic amines) is 1. The summed E-state index contributed by atoms with van der Waals surface area (Å²) in [7, 11) is 2.23. The Balaban J connectivity index is 0.000001000. The minimum atomic E-state index is 0. The van der Waals surface area contributed by atoms with Gasteiger partial charge >= 0.3 is 0 Å². The molecule has 0 aromatic carbocycles. The Bertz CT molecular complexity index is 111. The maximum atomic E-state index is 2.47. The summed E-state index contributed by atoms with van der Waals surface area (Å²) in [6.45, 7) is 8.32. The fourth-order valence-electron chi connectivity index (χ4n) is 1.65. The Morgan fingerprint density at radius 3 is 2.27 bits per heavy atom. The fourth-order valence-corrected chi connectivity index (χ4v) is 1.65. The Morgan fingerprint density at radius 2 is 1.91 bits per heavy atom. The molecular weight excluding hydrogens is 187 g/mol. The first kappa shape index (κ1) is 11.6. The molecule has 0 saturated carbocycles. The Labute approximate surface area is 83.3 Å². The van der Waals surface area contributed by atoms with E-state index in [1.54, 1.807) is 0 Å². The molecule has 1 rings (SSSR count). The van der Waals surface area contributed by atoms with E-state index >= 15 is 0 Å². The van der Waals surface area contributed by atoms with Gasteiger partial charge in [0.05, 0.1) is 0 Å². The van der Waals surface area contributed by atoms with E-state index in [1.165, 1.54) is 19.4 Å². The number of hydrogen-bond acceptors (Lipinski definition) is 1. The van der Waals surface area contributed by atoms with E-state index in [0.717, 1.165) is 5.92 Å². The molecule has 0 aromatic rings. The van der Waals surface area contributed by atoms with E-state index in [-0.39, 0.29) is 19.5 Å². The van der Waals surface area contributed by atoms with Gasteiger partial charge in [-0.1, -0.05) is 6.92 Å². The number of piperidine rings is 1. The molecule has 1 nitrogen and oxygen atoms in total. The topological polar surface area (TPSA) is 3.24 Å². The molecule has 0 aliphatic carbocycles. The van der Waals surface area contributed by atoms with Crippen molar-refractivity contribution in [1.82, 2.24) is 4.90 Å². The molecule has 1 saturated heterocycles. The maximum Gasteiger partial charge on any atom is 0.0175 e. The van der Waals surface area contributed by atoms with Crippen LogP contribution in [0.2, 0.25) is 0 Å². The summed E-state index contributed by atoms with van der Waals surface area (Å²) in [5.41, 5.74) is 0.429. The Hall–Kier alpha value is 0.583. The average Bonchev–Trinajstić information content (AvgIpc) is 1.84. The van der Waals surface area contributed by atoms with E-state index in [4.69, 9.17) is 0 Å². The molecule has 1 unspecified atom stereocenters. The predicted molar refractivity (Wildman–Crippen MR) is 45.1 cm³/mol. The van der Waals surface area contributed by atoms with Crippen molar-refractivity contribution in [2.45, 2.75) is 39.2 Å². The molecule has 0 aromatic heterocycles. The summed E-state index contributed by atoms with van der Waals surface area (Å²) in [6, 6.07) is 0. The minimum absolute atomic E-state index is 0. The van der Waals surface area contributed by atoms with E-state index in [0.29, 0.717) is 5.54 Å². The average molecular weight is 207 g/mol. The zero-order valence-corrected chi connectivity index (χ0v) is 11.3. The van der Waals surface area contributed by atoms with Crippen molar-refractivity contribution in [2.24, 2.45) is 5.92 Å². The van der Waals surface area contributed by atoms with Crippen molar-refractivity contribution >= 4 is 0 Å². The van der Waals surface area contributed by atoms with Gasteiger partial charge in [0.15, 0.2) is 0 Å². The summed E-state index contributed by atoms with van der Waals surface area (Å²) < 4.78 is 0. The molecule has 1 aliphatic rings. The van der Waals surface area contributed by atoms with Crippen LogP contribution in [0, 0.1) is 5.92 Å². The van der Waals surface area contributed by atoms with E-state index in [1.807, 2.05) is 0 Å². The summed E-state index contributed by atoms with van der Waals surface area (Å²) in [6.07, 6.45) is 2.78. The van der Waals surface area contributed by atoms with Crippen LogP contribution in [0.15, 0.2) is 0 Å². The van der Waals surface area contributed by atoms with Gasteiger partial charge in [0.1, 0.15) is 0 Å². The quantitative estimate of drug-likeness (QED) is 0.549. The zero-order chi connectivity index (χ0) is 7.78. The van der Waals surface area contributed by atoms with Crippen LogP contribution < -0.4 is 0 Å². The van der Waals surface area contributed by atoms with Crippen LogP contribution in [0.1, 0.15) is 33.6 Å². The molecule has 62 valence electrons. The number of nitrogens with zero attached hydrogens (tertiary/aromatic N) is 1. The predicted octanol–water partition coefficient (Wildman–Crippen LogP) is 2.12. The molecule has 2 heteroatoms. The minimum Gasteiger partial charge on any atom is -0.301 e. The maximum absolute atomic E-state index is 2.47. The van der Waals surface area contributed by atoms with Crippen LogP contribution in [-0.2, 0) is 19.5 Å². The third-order valence-electron chi connectivity index (χ3n) is 3.32. The molecule has 0 radical (unpaired) electrons. The van der Waals surface area contributed by atoms with Gasteiger partial charge in [-0.05, 0) is 46.2 Å². The first-order valence-corrected chi connectivity index (χ1v) is 4.26. The van der Waals surface area contributed by atoms with Crippen LogP contribution in [0.5, 0.6) is 0 Å². The summed E-state index contributed by atoms with van der Waals surface area (Å²) in [4.78, 5) is 2.47. The van der Waals surface area contributed by atoms with Crippen molar-refractivity contribution in [3.63, 3.8) is 0 Å². The van der Waals surface area contributed by atoms with Gasteiger partial charge in [0.2, 0.25) is 0 Å². The van der Waals surface area contributed by atoms with Gasteiger partial charge in [0.25, 0.3) is 0 Å². The first-order chi connectivity index (χ1) is 4.55. The Morgan fingerprint density at radius 1 is 1.36 bits per heavy atom. The van der Waals surface area contributed by atoms with Crippen LogP contribution in [0.25, 0.3) is 0 Å². The molecule has 1 fully saturated rings. The fraction of sp³-hybridized carbons (Fsp3) is 1.00. The van der Waals surface area contributed by atoms with Crippen molar-refractivity contribution in [3.8, 4) is 0 Å². The molecule has 1 aliphatic heterocycles. The van der Waals surface area contributed by atoms with Crippen molar-refractivity contribution in [3.05, 3.63) is 0 Å². The van der Waals surface area contributed by atoms with Gasteiger partial charge in [0, 0.05) is 25.0 Å². The summed E-state index contributed by atoms with van der Waals surface area (Å²) >= 11 is 0. The van der Waals surface area contributed by atoms with Crippen molar-refractivity contribution in [2.75, 3.05) is 13.6 Å². The normalized spacial score (nSPS) is 31.1. The van der Waals surface area contributed by atoms with Crippen molar-refractivity contribution in [1.29, 1.82) is 0 Å². The second kappa shape index (κ2) is 4.00. The largest absolute Gasteiger partial charge is 0.301 e. The third-order valence-corrected chi connectivity index (χ3v) is 3.32. The zero-order valence-electron chi connectivity index (χ0n) is 8.35. The van der Waals surface area contributed by atoms with Crippen LogP contribution in [-0.4, -0.2) is 24.0 Å². The van der Waals surface area contributed by atoms with Crippen LogP contribution in [0.3, 0.4) is 0 Å². The standard InChI is InChI=1S/C9H19N.Zn/c1-8-6-5-7-10(4)9(8,2)3;/h8H,5-7H2,1-4H3;. The first-order valence-electron chi connectivity index (χ1n) is 4.26. The van der Waals surface area contributed by atoms with E-state index in [2.05, 4.69) is 32.7 Å². The molecule has 0 bridgehead atoms. The van der Waals surface area contributed by atoms with Gasteiger partial charge < -0.3 is 4.90 Å². The molecular formula is C9H19NZn. The second-order valence-electron chi connectivity index (χ2n) is 4.12. The monoisotopic (exact) mass is 205 g/mol. The molecule has 0 N–H and O–H groups in total. The van der Waals surface area contributed by atoms with Gasteiger partial charge in [-0.15, -0.1) is 0 Å². The molecule has 1 heterocycles. The molecule has 11 heavy (non-hydrogen) atoms. The van der Waals surface area contributed by atoms with E-state index in [9.17, 15) is 0 Å². The van der Waals surface area contributed by atoms with Crippen LogP contribution >= 0.6 is 0 Å². The van der Waals surface area contributed by atoms with Gasteiger partial charge in [-0.25, -0.2) is 0 Å². The smallest absolute Gasteiger partial charge is 0.0175 e. The third kappa shape index (κ3) is 2.26. The van der Waals surface area contributed by atoms with E-state index < -0.39 is 0 Å². The van der Waals surface area contributed by atoms with Crippen molar-refractivity contribution < 1.29 is 19.5 Å². The molecule has 1 atom stereocenters. The van der Waals surface area contributed by atoms with Gasteiger partial charge in [-0.2, -0.15) is 0 Å². The molecule has 0 spiro atoms. The van der Waals surface area contributed by atoms with Crippen LogP contribution in [0.4, 0.5) is 0 Å². The number of hydrogen-bond donors (Lipinski definition) is 0. The number of rotatable bonds is 0. The SMILES string of the molecule is CC1CCCN(C)C1(C)C.[Zn].